The van der Waals surface area contributed by atoms with E-state index in [1.807, 2.05) is 51.3 Å². The van der Waals surface area contributed by atoms with Crippen molar-refractivity contribution in [3.63, 3.8) is 0 Å². The minimum Gasteiger partial charge on any atom is -0.497 e. The van der Waals surface area contributed by atoms with Gasteiger partial charge >= 0.3 is 12.0 Å². The number of sulfonamides is 1. The number of amides is 4. The van der Waals surface area contributed by atoms with Crippen LogP contribution in [0.1, 0.15) is 86.0 Å². The molecule has 1 saturated carbocycles. The van der Waals surface area contributed by atoms with Crippen molar-refractivity contribution in [3.05, 3.63) is 41.8 Å². The van der Waals surface area contributed by atoms with E-state index in [0.29, 0.717) is 59.6 Å². The third-order valence-electron chi connectivity index (χ3n) is 12.6. The number of anilines is 1. The summed E-state index contributed by atoms with van der Waals surface area (Å²) in [6, 6.07) is 4.03. The van der Waals surface area contributed by atoms with Gasteiger partial charge in [-0.25, -0.2) is 28.0 Å². The number of nitrogens with one attached hydrogen (secondary N) is 4. The summed E-state index contributed by atoms with van der Waals surface area (Å²) in [5.41, 5.74) is 0.251. The largest absolute Gasteiger partial charge is 0.497 e. The molecule has 63 heavy (non-hydrogen) atoms. The second-order valence-corrected chi connectivity index (χ2v) is 21.1. The summed E-state index contributed by atoms with van der Waals surface area (Å²) in [4.78, 5) is 66.8. The van der Waals surface area contributed by atoms with Crippen LogP contribution >= 0.6 is 11.3 Å². The molecule has 342 valence electrons. The van der Waals surface area contributed by atoms with Gasteiger partial charge in [0.1, 0.15) is 40.9 Å². The number of carbonyl (C=O) groups is 4. The fourth-order valence-corrected chi connectivity index (χ4v) is 11.1. The zero-order valence-corrected chi connectivity index (χ0v) is 38.4. The van der Waals surface area contributed by atoms with Crippen LogP contribution in [0.2, 0.25) is 0 Å². The van der Waals surface area contributed by atoms with Gasteiger partial charge in [-0.1, -0.05) is 38.8 Å². The number of urea groups is 1. The summed E-state index contributed by atoms with van der Waals surface area (Å²) in [6.07, 6.45) is 6.96. The average molecular weight is 909 g/mol. The number of benzene rings is 1. The standard InChI is InChI=1S/C44H60N8O9S2/c1-25(2)35(23-51-17-16-27(5)63(51,58)59)48-42(57)47-32-13-11-9-7-8-10-12-28-21-44(28,41(55)56)50-39(53)37-19-30(22-52(37)40(32)54)61-38-20-34(36-24-62-43(49-36)45-26(3)4)46-33-18-29(60-6)14-15-31(33)38/h10,12,14-15,18,20,24-28,30,32,35,37H,7-9,11,13,16-17,19,21-23H2,1-6H3,(H,45,49)(H,50,53)(H,55,56)(H2,47,48,57)/b12-10-/t27?,28?,30-,32+,35-,37+,44-/m1/s1. The Labute approximate surface area is 372 Å². The zero-order chi connectivity index (χ0) is 45.2. The molecule has 7 atom stereocenters. The maximum Gasteiger partial charge on any atom is 0.330 e. The molecule has 1 aliphatic carbocycles. The number of aromatic nitrogens is 2. The lowest BCUT2D eigenvalue weighted by atomic mass is 10.0. The summed E-state index contributed by atoms with van der Waals surface area (Å²) < 4.78 is 39.6. The predicted octanol–water partition coefficient (Wildman–Crippen LogP) is 5.13. The van der Waals surface area contributed by atoms with Gasteiger partial charge in [0.2, 0.25) is 21.8 Å². The number of hydrogen-bond donors (Lipinski definition) is 5. The topological polar surface area (TPSA) is 221 Å². The fraction of sp³-hybridized carbons (Fsp3) is 0.591. The van der Waals surface area contributed by atoms with Gasteiger partial charge in [0.15, 0.2) is 5.13 Å². The lowest BCUT2D eigenvalue weighted by Gasteiger charge is -2.31. The Balaban J connectivity index is 1.18. The van der Waals surface area contributed by atoms with Crippen molar-refractivity contribution in [3.8, 4) is 22.9 Å². The first-order chi connectivity index (χ1) is 30.0. The average Bonchev–Trinajstić information content (AvgIpc) is 3.46. The van der Waals surface area contributed by atoms with Crippen molar-refractivity contribution >= 4 is 61.2 Å². The van der Waals surface area contributed by atoms with Crippen molar-refractivity contribution in [2.24, 2.45) is 11.8 Å². The number of fused-ring (bicyclic) bond motifs is 3. The van der Waals surface area contributed by atoms with Crippen molar-refractivity contribution in [2.45, 2.75) is 127 Å². The first kappa shape index (κ1) is 46.0. The van der Waals surface area contributed by atoms with Gasteiger partial charge in [0.25, 0.3) is 0 Å². The van der Waals surface area contributed by atoms with Crippen LogP contribution in [0.5, 0.6) is 11.5 Å². The number of aliphatic carboxylic acids is 1. The summed E-state index contributed by atoms with van der Waals surface area (Å²) >= 11 is 1.45. The number of nitrogens with zero attached hydrogens (tertiary/aromatic N) is 4. The number of ether oxygens (including phenoxy) is 2. The zero-order valence-electron chi connectivity index (χ0n) is 36.8. The van der Waals surface area contributed by atoms with Crippen LogP contribution in [0.3, 0.4) is 0 Å². The van der Waals surface area contributed by atoms with Gasteiger partial charge in [-0.05, 0) is 70.9 Å². The second kappa shape index (κ2) is 19.0. The minimum absolute atomic E-state index is 0.0335. The molecule has 3 fully saturated rings. The van der Waals surface area contributed by atoms with E-state index in [0.717, 1.165) is 18.0 Å². The van der Waals surface area contributed by atoms with E-state index in [2.05, 4.69) is 21.3 Å². The highest BCUT2D eigenvalue weighted by Crippen LogP contribution is 2.45. The van der Waals surface area contributed by atoms with Gasteiger partial charge < -0.3 is 40.7 Å². The third-order valence-corrected chi connectivity index (χ3v) is 15.6. The van der Waals surface area contributed by atoms with Crippen LogP contribution in [-0.4, -0.2) is 124 Å². The first-order valence-electron chi connectivity index (χ1n) is 22.0. The summed E-state index contributed by atoms with van der Waals surface area (Å²) in [6.45, 7) is 9.95. The third kappa shape index (κ3) is 10.2. The molecule has 0 bridgehead atoms. The summed E-state index contributed by atoms with van der Waals surface area (Å²) in [7, 11) is -1.92. The van der Waals surface area contributed by atoms with E-state index >= 15 is 0 Å². The molecule has 5 heterocycles. The molecule has 0 spiro atoms. The molecule has 2 aromatic heterocycles. The van der Waals surface area contributed by atoms with E-state index in [9.17, 15) is 32.7 Å². The normalized spacial score (nSPS) is 27.4. The molecular weight excluding hydrogens is 849 g/mol. The van der Waals surface area contributed by atoms with Crippen LogP contribution in [0.4, 0.5) is 9.93 Å². The molecular formula is C44H60N8O9S2. The molecule has 3 aromatic rings. The molecule has 19 heteroatoms. The van der Waals surface area contributed by atoms with Crippen LogP contribution in [0.15, 0.2) is 41.8 Å². The smallest absolute Gasteiger partial charge is 0.330 e. The number of methoxy groups -OCH3 is 1. The number of pyridine rings is 1. The van der Waals surface area contributed by atoms with Crippen molar-refractivity contribution in [1.29, 1.82) is 0 Å². The molecule has 1 aromatic carbocycles. The number of carboxylic acid groups (broad SMARTS) is 1. The Kier molecular flexibility index (Phi) is 13.9. The molecule has 3 aliphatic heterocycles. The Morgan fingerprint density at radius 1 is 1.08 bits per heavy atom. The van der Waals surface area contributed by atoms with Crippen molar-refractivity contribution in [2.75, 3.05) is 32.1 Å². The molecule has 4 amide bonds. The first-order valence-corrected chi connectivity index (χ1v) is 24.3. The number of thiazole rings is 1. The highest BCUT2D eigenvalue weighted by molar-refractivity contribution is 7.90. The number of carbonyl (C=O) groups excluding carboxylic acids is 3. The summed E-state index contributed by atoms with van der Waals surface area (Å²) in [5.74, 6) is -1.76. The SMILES string of the molecule is COc1ccc2c(O[C@@H]3C[C@H]4C(=O)N[C@]5(C(=O)O)CC5/C=C\CCCCC[C@H](NC(=O)N[C@H](CN5CCC(C)S5(=O)=O)C(C)C)C(=O)N4C3)cc(-c3csc(NC(C)C)n3)nc2c1. The van der Waals surface area contributed by atoms with E-state index in [1.54, 1.807) is 32.2 Å². The van der Waals surface area contributed by atoms with E-state index in [4.69, 9.17) is 19.4 Å². The number of rotatable bonds is 12. The van der Waals surface area contributed by atoms with Gasteiger partial charge in [-0.3, -0.25) is 9.59 Å². The van der Waals surface area contributed by atoms with Gasteiger partial charge in [0.05, 0.1) is 30.1 Å². The van der Waals surface area contributed by atoms with Crippen molar-refractivity contribution in [1.82, 2.24) is 35.1 Å². The molecule has 17 nitrogen and oxygen atoms in total. The number of hydrogen-bond acceptors (Lipinski definition) is 12. The Morgan fingerprint density at radius 2 is 1.87 bits per heavy atom. The van der Waals surface area contributed by atoms with Gasteiger partial charge in [0, 0.05) is 60.4 Å². The van der Waals surface area contributed by atoms with Crippen LogP contribution in [-0.2, 0) is 24.4 Å². The monoisotopic (exact) mass is 908 g/mol. The molecule has 7 rings (SSSR count). The fourth-order valence-electron chi connectivity index (χ4n) is 8.63. The number of allylic oxidation sites excluding steroid dienone is 1. The Hall–Kier alpha value is -5.01. The van der Waals surface area contributed by atoms with Crippen LogP contribution < -0.4 is 30.7 Å². The second-order valence-electron chi connectivity index (χ2n) is 17.9. The van der Waals surface area contributed by atoms with E-state index < -0.39 is 74.8 Å². The van der Waals surface area contributed by atoms with E-state index in [-0.39, 0.29) is 44.3 Å². The quantitative estimate of drug-likeness (QED) is 0.149. The highest BCUT2D eigenvalue weighted by atomic mass is 32.2. The maximum atomic E-state index is 14.9. The number of carboxylic acids is 1. The van der Waals surface area contributed by atoms with Crippen LogP contribution in [0, 0.1) is 11.8 Å². The van der Waals surface area contributed by atoms with Crippen LogP contribution in [0.25, 0.3) is 22.3 Å². The molecule has 5 N–H and O–H groups in total. The van der Waals surface area contributed by atoms with E-state index in [1.165, 1.54) is 20.5 Å². The Bertz CT molecular complexity index is 2340. The highest BCUT2D eigenvalue weighted by Gasteiger charge is 2.61. The molecule has 2 saturated heterocycles. The predicted molar refractivity (Wildman–Crippen MR) is 240 cm³/mol. The minimum atomic E-state index is -3.49. The van der Waals surface area contributed by atoms with Crippen molar-refractivity contribution < 1.29 is 42.2 Å². The Morgan fingerprint density at radius 3 is 2.57 bits per heavy atom. The maximum absolute atomic E-state index is 14.9. The molecule has 4 aliphatic rings. The lowest BCUT2D eigenvalue weighted by molar-refractivity contribution is -0.145. The van der Waals surface area contributed by atoms with Gasteiger partial charge in [-0.2, -0.15) is 4.31 Å². The summed E-state index contributed by atoms with van der Waals surface area (Å²) in [5, 5.41) is 25.1. The lowest BCUT2D eigenvalue weighted by Crippen LogP contribution is -2.58. The van der Waals surface area contributed by atoms with Gasteiger partial charge in [-0.15, -0.1) is 11.3 Å². The molecule has 2 unspecified atom stereocenters. The molecule has 0 radical (unpaired) electrons.